The zero-order chi connectivity index (χ0) is 12.6. The van der Waals surface area contributed by atoms with E-state index in [4.69, 9.17) is 4.74 Å². The topological polar surface area (TPSA) is 55.4 Å². The fourth-order valence-electron chi connectivity index (χ4n) is 1.39. The van der Waals surface area contributed by atoms with Crippen LogP contribution < -0.4 is 10.1 Å². The minimum absolute atomic E-state index is 0.0661. The maximum absolute atomic E-state index is 12.2. The summed E-state index contributed by atoms with van der Waals surface area (Å²) >= 11 is 0. The van der Waals surface area contributed by atoms with Crippen molar-refractivity contribution in [3.8, 4) is 5.75 Å². The number of carbonyl (C=O) groups excluding carboxylic acids is 2. The number of benzene rings is 1. The molecule has 1 heterocycles. The predicted octanol–water partition coefficient (Wildman–Crippen LogP) is 1.76. The first kappa shape index (κ1) is 11.4. The molecule has 1 aromatic carbocycles. The molecule has 1 aliphatic rings. The predicted molar refractivity (Wildman–Crippen MR) is 51.0 cm³/mol. The quantitative estimate of drug-likeness (QED) is 0.767. The molecule has 0 saturated heterocycles. The van der Waals surface area contributed by atoms with Gasteiger partial charge >= 0.3 is 6.18 Å². The number of fused-ring (bicyclic) bond motifs is 1. The minimum atomic E-state index is -4.94. The molecule has 1 aliphatic heterocycles. The maximum atomic E-state index is 12.2. The Balaban J connectivity index is 2.37. The van der Waals surface area contributed by atoms with E-state index in [2.05, 4.69) is 5.32 Å². The number of ether oxygens (including phenoxy) is 1. The van der Waals surface area contributed by atoms with Gasteiger partial charge in [0.15, 0.2) is 6.61 Å². The molecule has 0 aliphatic carbocycles. The maximum Gasteiger partial charge on any atom is 0.454 e. The van der Waals surface area contributed by atoms with Crippen LogP contribution in [-0.4, -0.2) is 24.5 Å². The lowest BCUT2D eigenvalue weighted by Crippen LogP contribution is -2.27. The standard InChI is InChI=1S/C10H6F3NO3/c11-10(12,13)9(16)5-1-2-7-6(3-5)14-8(15)4-17-7/h1-3H,4H2,(H,14,15). The fourth-order valence-corrected chi connectivity index (χ4v) is 1.39. The molecule has 0 fully saturated rings. The van der Waals surface area contributed by atoms with E-state index in [1.807, 2.05) is 0 Å². The van der Waals surface area contributed by atoms with Crippen molar-refractivity contribution in [2.45, 2.75) is 6.18 Å². The van der Waals surface area contributed by atoms with Gasteiger partial charge in [-0.25, -0.2) is 0 Å². The van der Waals surface area contributed by atoms with E-state index in [1.165, 1.54) is 6.07 Å². The van der Waals surface area contributed by atoms with Crippen molar-refractivity contribution in [3.63, 3.8) is 0 Å². The summed E-state index contributed by atoms with van der Waals surface area (Å²) in [5.41, 5.74) is -0.474. The van der Waals surface area contributed by atoms with Gasteiger partial charge in [0.1, 0.15) is 5.75 Å². The Morgan fingerprint density at radius 2 is 2.06 bits per heavy atom. The summed E-state index contributed by atoms with van der Waals surface area (Å²) in [7, 11) is 0. The third-order valence-electron chi connectivity index (χ3n) is 2.13. The van der Waals surface area contributed by atoms with Crippen molar-refractivity contribution in [3.05, 3.63) is 23.8 Å². The van der Waals surface area contributed by atoms with Gasteiger partial charge < -0.3 is 10.1 Å². The molecule has 0 bridgehead atoms. The van der Waals surface area contributed by atoms with E-state index in [-0.39, 0.29) is 18.0 Å². The van der Waals surface area contributed by atoms with Crippen LogP contribution in [0.25, 0.3) is 0 Å². The van der Waals surface area contributed by atoms with Crippen LogP contribution in [0.2, 0.25) is 0 Å². The van der Waals surface area contributed by atoms with Crippen LogP contribution >= 0.6 is 0 Å². The van der Waals surface area contributed by atoms with Crippen molar-refractivity contribution in [1.29, 1.82) is 0 Å². The van der Waals surface area contributed by atoms with Crippen molar-refractivity contribution < 1.29 is 27.5 Å². The number of amides is 1. The molecular weight excluding hydrogens is 239 g/mol. The fraction of sp³-hybridized carbons (Fsp3) is 0.200. The number of Topliss-reactive ketones (excluding diaryl/α,β-unsaturated/α-hetero) is 1. The largest absolute Gasteiger partial charge is 0.482 e. The summed E-state index contributed by atoms with van der Waals surface area (Å²) in [6.45, 7) is -0.195. The zero-order valence-corrected chi connectivity index (χ0v) is 8.30. The Kier molecular flexibility index (Phi) is 2.53. The highest BCUT2D eigenvalue weighted by atomic mass is 19.4. The smallest absolute Gasteiger partial charge is 0.454 e. The van der Waals surface area contributed by atoms with Crippen LogP contribution in [-0.2, 0) is 4.79 Å². The van der Waals surface area contributed by atoms with E-state index < -0.39 is 23.4 Å². The van der Waals surface area contributed by atoms with Crippen molar-refractivity contribution in [1.82, 2.24) is 0 Å². The number of halogens is 3. The van der Waals surface area contributed by atoms with E-state index in [9.17, 15) is 22.8 Å². The van der Waals surface area contributed by atoms with Crippen molar-refractivity contribution >= 4 is 17.4 Å². The monoisotopic (exact) mass is 245 g/mol. The van der Waals surface area contributed by atoms with Crippen LogP contribution in [0.1, 0.15) is 10.4 Å². The normalized spacial score (nSPS) is 14.6. The first-order valence-corrected chi connectivity index (χ1v) is 4.56. The molecule has 17 heavy (non-hydrogen) atoms. The van der Waals surface area contributed by atoms with Gasteiger partial charge in [-0.3, -0.25) is 9.59 Å². The van der Waals surface area contributed by atoms with Crippen molar-refractivity contribution in [2.75, 3.05) is 11.9 Å². The van der Waals surface area contributed by atoms with Gasteiger partial charge in [0.25, 0.3) is 11.7 Å². The number of hydrogen-bond donors (Lipinski definition) is 1. The van der Waals surface area contributed by atoms with Gasteiger partial charge in [-0.05, 0) is 18.2 Å². The van der Waals surface area contributed by atoms with Crippen LogP contribution in [0.5, 0.6) is 5.75 Å². The number of ketones is 1. The highest BCUT2D eigenvalue weighted by molar-refractivity contribution is 6.03. The Hall–Kier alpha value is -2.05. The summed E-state index contributed by atoms with van der Waals surface area (Å²) < 4.78 is 41.5. The van der Waals surface area contributed by atoms with Gasteiger partial charge in [-0.15, -0.1) is 0 Å². The molecule has 0 saturated carbocycles. The number of hydrogen-bond acceptors (Lipinski definition) is 3. The molecular formula is C10H6F3NO3. The summed E-state index contributed by atoms with van der Waals surface area (Å²) in [6.07, 6.45) is -4.94. The van der Waals surface area contributed by atoms with Crippen LogP contribution in [0.3, 0.4) is 0 Å². The van der Waals surface area contributed by atoms with E-state index >= 15 is 0 Å². The number of anilines is 1. The Morgan fingerprint density at radius 1 is 1.35 bits per heavy atom. The second kappa shape index (κ2) is 3.76. The molecule has 4 nitrogen and oxygen atoms in total. The van der Waals surface area contributed by atoms with E-state index in [0.29, 0.717) is 0 Å². The summed E-state index contributed by atoms with van der Waals surface area (Å²) in [4.78, 5) is 21.9. The Labute approximate surface area is 93.4 Å². The number of nitrogens with one attached hydrogen (secondary N) is 1. The lowest BCUT2D eigenvalue weighted by molar-refractivity contribution is -0.118. The average Bonchev–Trinajstić information content (AvgIpc) is 2.25. The lowest BCUT2D eigenvalue weighted by Gasteiger charge is -2.18. The number of alkyl halides is 3. The lowest BCUT2D eigenvalue weighted by atomic mass is 10.1. The molecule has 1 N–H and O–H groups in total. The van der Waals surface area contributed by atoms with Gasteiger partial charge in [0, 0.05) is 5.56 Å². The van der Waals surface area contributed by atoms with Crippen molar-refractivity contribution in [2.24, 2.45) is 0 Å². The number of carbonyl (C=O) groups is 2. The molecule has 2 rings (SSSR count). The molecule has 1 amide bonds. The summed E-state index contributed by atoms with van der Waals surface area (Å²) in [5, 5.41) is 2.32. The minimum Gasteiger partial charge on any atom is -0.482 e. The number of rotatable bonds is 1. The second-order valence-corrected chi connectivity index (χ2v) is 3.37. The van der Waals surface area contributed by atoms with Crippen LogP contribution in [0.15, 0.2) is 18.2 Å². The first-order valence-electron chi connectivity index (χ1n) is 4.56. The third kappa shape index (κ3) is 2.22. The average molecular weight is 245 g/mol. The third-order valence-corrected chi connectivity index (χ3v) is 2.13. The molecule has 0 unspecified atom stereocenters. The van der Waals surface area contributed by atoms with Gasteiger partial charge in [-0.1, -0.05) is 0 Å². The van der Waals surface area contributed by atoms with Gasteiger partial charge in [0.05, 0.1) is 5.69 Å². The van der Waals surface area contributed by atoms with E-state index in [0.717, 1.165) is 12.1 Å². The highest BCUT2D eigenvalue weighted by Gasteiger charge is 2.39. The molecule has 0 atom stereocenters. The summed E-state index contributed by atoms with van der Waals surface area (Å²) in [6, 6.07) is 3.17. The molecule has 1 aromatic rings. The first-order chi connectivity index (χ1) is 7.88. The highest BCUT2D eigenvalue weighted by Crippen LogP contribution is 2.31. The van der Waals surface area contributed by atoms with E-state index in [1.54, 1.807) is 0 Å². The van der Waals surface area contributed by atoms with Crippen LogP contribution in [0.4, 0.5) is 18.9 Å². The van der Waals surface area contributed by atoms with Crippen LogP contribution in [0, 0.1) is 0 Å². The Morgan fingerprint density at radius 3 is 2.71 bits per heavy atom. The molecule has 0 aromatic heterocycles. The Bertz CT molecular complexity index is 496. The second-order valence-electron chi connectivity index (χ2n) is 3.37. The molecule has 0 radical (unpaired) electrons. The molecule has 7 heteroatoms. The zero-order valence-electron chi connectivity index (χ0n) is 8.30. The SMILES string of the molecule is O=C1COc2ccc(C(=O)C(F)(F)F)cc2N1. The van der Waals surface area contributed by atoms with Gasteiger partial charge in [0.2, 0.25) is 0 Å². The summed E-state index contributed by atoms with van der Waals surface area (Å²) in [5.74, 6) is -2.20. The molecule has 0 spiro atoms. The molecule has 90 valence electrons. The van der Waals surface area contributed by atoms with Gasteiger partial charge in [-0.2, -0.15) is 13.2 Å².